The molecule has 0 radical (unpaired) electrons. The maximum Gasteiger partial charge on any atom is 0.0208 e. The van der Waals surface area contributed by atoms with Gasteiger partial charge in [-0.05, 0) is 55.3 Å². The number of fused-ring (bicyclic) bond motifs is 1. The number of allylic oxidation sites excluding steroid dienone is 1. The summed E-state index contributed by atoms with van der Waals surface area (Å²) in [7, 11) is 0. The fraction of sp³-hybridized carbons (Fsp3) is 0.867. The summed E-state index contributed by atoms with van der Waals surface area (Å²) in [5, 5.41) is 0. The lowest BCUT2D eigenvalue weighted by Crippen LogP contribution is -2.45. The Hall–Kier alpha value is 0.220. The van der Waals surface area contributed by atoms with Crippen molar-refractivity contribution < 1.29 is 0 Å². The van der Waals surface area contributed by atoms with E-state index in [2.05, 4.69) is 43.3 Å². The van der Waals surface area contributed by atoms with Gasteiger partial charge in [0.15, 0.2) is 0 Å². The topological polar surface area (TPSA) is 0 Å². The Labute approximate surface area is 109 Å². The zero-order valence-corrected chi connectivity index (χ0v) is 12.5. The predicted octanol–water partition coefficient (Wildman–Crippen LogP) is 5.18. The highest BCUT2D eigenvalue weighted by molar-refractivity contribution is 9.09. The standard InChI is InChI=1S/C15H25Br/c1-10(2)12-7-8-15(4)13(9-12)11(3)5-6-14(15)16/h10,12-14H,3,5-9H2,1-2,4H3. The van der Waals surface area contributed by atoms with Gasteiger partial charge in [-0.15, -0.1) is 0 Å². The van der Waals surface area contributed by atoms with Crippen molar-refractivity contribution in [3.05, 3.63) is 12.2 Å². The van der Waals surface area contributed by atoms with Crippen LogP contribution in [0.4, 0.5) is 0 Å². The first kappa shape index (κ1) is 12.7. The molecule has 0 saturated heterocycles. The average Bonchev–Trinajstić information content (AvgIpc) is 2.24. The lowest BCUT2D eigenvalue weighted by molar-refractivity contribution is 0.0663. The fourth-order valence-electron chi connectivity index (χ4n) is 3.79. The van der Waals surface area contributed by atoms with E-state index in [0.717, 1.165) is 17.8 Å². The van der Waals surface area contributed by atoms with Crippen LogP contribution in [0.5, 0.6) is 0 Å². The van der Waals surface area contributed by atoms with Crippen molar-refractivity contribution in [2.75, 3.05) is 0 Å². The molecular formula is C15H25Br. The van der Waals surface area contributed by atoms with Crippen molar-refractivity contribution in [2.45, 2.75) is 57.7 Å². The maximum absolute atomic E-state index is 4.35. The van der Waals surface area contributed by atoms with Gasteiger partial charge in [0.2, 0.25) is 0 Å². The second kappa shape index (κ2) is 4.48. The monoisotopic (exact) mass is 284 g/mol. The minimum Gasteiger partial charge on any atom is -0.0996 e. The molecule has 0 nitrogen and oxygen atoms in total. The molecule has 2 fully saturated rings. The highest BCUT2D eigenvalue weighted by atomic mass is 79.9. The van der Waals surface area contributed by atoms with Crippen molar-refractivity contribution in [3.8, 4) is 0 Å². The molecule has 0 amide bonds. The van der Waals surface area contributed by atoms with Gasteiger partial charge in [0, 0.05) is 4.83 Å². The van der Waals surface area contributed by atoms with E-state index >= 15 is 0 Å². The zero-order chi connectivity index (χ0) is 11.9. The third-order valence-corrected chi connectivity index (χ3v) is 6.76. The van der Waals surface area contributed by atoms with E-state index < -0.39 is 0 Å². The van der Waals surface area contributed by atoms with Crippen molar-refractivity contribution in [2.24, 2.45) is 23.2 Å². The van der Waals surface area contributed by atoms with Crippen LogP contribution in [-0.2, 0) is 0 Å². The number of hydrogen-bond acceptors (Lipinski definition) is 0. The SMILES string of the molecule is C=C1CCC(Br)C2(C)CCC(C(C)C)CC12. The lowest BCUT2D eigenvalue weighted by Gasteiger charge is -2.52. The van der Waals surface area contributed by atoms with E-state index in [4.69, 9.17) is 0 Å². The Morgan fingerprint density at radius 3 is 2.69 bits per heavy atom. The predicted molar refractivity (Wildman–Crippen MR) is 74.9 cm³/mol. The van der Waals surface area contributed by atoms with Crippen LogP contribution < -0.4 is 0 Å². The Kier molecular flexibility index (Phi) is 3.55. The molecule has 0 bridgehead atoms. The van der Waals surface area contributed by atoms with Crippen LogP contribution in [0, 0.1) is 23.2 Å². The van der Waals surface area contributed by atoms with Crippen LogP contribution in [0.3, 0.4) is 0 Å². The van der Waals surface area contributed by atoms with Gasteiger partial charge in [-0.25, -0.2) is 0 Å². The molecule has 4 atom stereocenters. The van der Waals surface area contributed by atoms with Crippen LogP contribution in [-0.4, -0.2) is 4.83 Å². The largest absolute Gasteiger partial charge is 0.0996 e. The van der Waals surface area contributed by atoms with Gasteiger partial charge in [0.25, 0.3) is 0 Å². The summed E-state index contributed by atoms with van der Waals surface area (Å²) in [6.07, 6.45) is 6.71. The smallest absolute Gasteiger partial charge is 0.0208 e. The highest BCUT2D eigenvalue weighted by Crippen LogP contribution is 2.56. The third-order valence-electron chi connectivity index (χ3n) is 5.26. The zero-order valence-electron chi connectivity index (χ0n) is 10.9. The van der Waals surface area contributed by atoms with Crippen molar-refractivity contribution in [3.63, 3.8) is 0 Å². The van der Waals surface area contributed by atoms with Gasteiger partial charge in [-0.1, -0.05) is 48.9 Å². The summed E-state index contributed by atoms with van der Waals surface area (Å²) in [5.74, 6) is 2.53. The molecular weight excluding hydrogens is 260 g/mol. The molecule has 4 unspecified atom stereocenters. The second-order valence-corrected chi connectivity index (χ2v) is 7.61. The molecule has 2 aliphatic carbocycles. The minimum absolute atomic E-state index is 0.487. The molecule has 0 aromatic carbocycles. The van der Waals surface area contributed by atoms with Crippen molar-refractivity contribution in [1.82, 2.24) is 0 Å². The molecule has 0 heterocycles. The van der Waals surface area contributed by atoms with Crippen molar-refractivity contribution in [1.29, 1.82) is 0 Å². The normalized spacial score (nSPS) is 44.6. The Bertz CT molecular complexity index is 281. The minimum atomic E-state index is 0.487. The van der Waals surface area contributed by atoms with Gasteiger partial charge >= 0.3 is 0 Å². The molecule has 16 heavy (non-hydrogen) atoms. The molecule has 2 rings (SSSR count). The summed E-state index contributed by atoms with van der Waals surface area (Å²) >= 11 is 3.93. The molecule has 0 N–H and O–H groups in total. The molecule has 0 aromatic rings. The molecule has 0 spiro atoms. The molecule has 0 aromatic heterocycles. The fourth-order valence-corrected chi connectivity index (χ4v) is 4.57. The summed E-state index contributed by atoms with van der Waals surface area (Å²) in [6.45, 7) is 11.6. The quantitative estimate of drug-likeness (QED) is 0.460. The van der Waals surface area contributed by atoms with Crippen LogP contribution in [0.15, 0.2) is 12.2 Å². The van der Waals surface area contributed by atoms with E-state index in [-0.39, 0.29) is 0 Å². The highest BCUT2D eigenvalue weighted by Gasteiger charge is 2.47. The van der Waals surface area contributed by atoms with E-state index in [0.29, 0.717) is 10.2 Å². The van der Waals surface area contributed by atoms with E-state index in [1.165, 1.54) is 37.7 Å². The van der Waals surface area contributed by atoms with Gasteiger partial charge in [-0.3, -0.25) is 0 Å². The average molecular weight is 285 g/mol. The number of alkyl halides is 1. The summed E-state index contributed by atoms with van der Waals surface area (Å²) in [5.41, 5.74) is 2.02. The van der Waals surface area contributed by atoms with Gasteiger partial charge in [-0.2, -0.15) is 0 Å². The molecule has 92 valence electrons. The first-order chi connectivity index (χ1) is 7.45. The van der Waals surface area contributed by atoms with Crippen LogP contribution in [0.2, 0.25) is 0 Å². The lowest BCUT2D eigenvalue weighted by atomic mass is 9.56. The van der Waals surface area contributed by atoms with Crippen LogP contribution >= 0.6 is 15.9 Å². The Balaban J connectivity index is 2.18. The van der Waals surface area contributed by atoms with Gasteiger partial charge in [0.05, 0.1) is 0 Å². The molecule has 2 aliphatic rings. The molecule has 0 aliphatic heterocycles. The molecule has 1 heteroatoms. The van der Waals surface area contributed by atoms with Crippen molar-refractivity contribution >= 4 is 15.9 Å². The molecule has 2 saturated carbocycles. The van der Waals surface area contributed by atoms with Gasteiger partial charge in [0.1, 0.15) is 0 Å². The van der Waals surface area contributed by atoms with Crippen LogP contribution in [0.25, 0.3) is 0 Å². The first-order valence-corrected chi connectivity index (χ1v) is 7.68. The van der Waals surface area contributed by atoms with E-state index in [9.17, 15) is 0 Å². The Morgan fingerprint density at radius 1 is 1.38 bits per heavy atom. The summed E-state index contributed by atoms with van der Waals surface area (Å²) in [6, 6.07) is 0. The number of halogens is 1. The third kappa shape index (κ3) is 2.00. The summed E-state index contributed by atoms with van der Waals surface area (Å²) in [4.78, 5) is 0.712. The number of hydrogen-bond donors (Lipinski definition) is 0. The first-order valence-electron chi connectivity index (χ1n) is 6.77. The van der Waals surface area contributed by atoms with E-state index in [1.807, 2.05) is 0 Å². The maximum atomic E-state index is 4.35. The Morgan fingerprint density at radius 2 is 2.06 bits per heavy atom. The van der Waals surface area contributed by atoms with Crippen LogP contribution in [0.1, 0.15) is 52.9 Å². The number of rotatable bonds is 1. The summed E-state index contributed by atoms with van der Waals surface area (Å²) < 4.78 is 0. The van der Waals surface area contributed by atoms with Gasteiger partial charge < -0.3 is 0 Å². The van der Waals surface area contributed by atoms with E-state index in [1.54, 1.807) is 0 Å². The second-order valence-electron chi connectivity index (χ2n) is 6.50.